The van der Waals surface area contributed by atoms with Crippen molar-refractivity contribution in [1.29, 1.82) is 0 Å². The van der Waals surface area contributed by atoms with E-state index < -0.39 is 41.7 Å². The van der Waals surface area contributed by atoms with Crippen molar-refractivity contribution in [3.63, 3.8) is 0 Å². The molecule has 3 fully saturated rings. The van der Waals surface area contributed by atoms with Crippen molar-refractivity contribution in [3.05, 3.63) is 35.9 Å². The Bertz CT molecular complexity index is 867. The first-order valence-electron chi connectivity index (χ1n) is 11.3. The molecule has 8 nitrogen and oxygen atoms in total. The summed E-state index contributed by atoms with van der Waals surface area (Å²) in [5, 5.41) is 11.6. The Balaban J connectivity index is 1.58. The van der Waals surface area contributed by atoms with Gasteiger partial charge < -0.3 is 19.3 Å². The highest BCUT2D eigenvalue weighted by molar-refractivity contribution is 5.85. The average Bonchev–Trinajstić information content (AvgIpc) is 3.38. The Kier molecular flexibility index (Phi) is 5.76. The topological polar surface area (TPSA) is 88.5 Å². The van der Waals surface area contributed by atoms with Crippen molar-refractivity contribution in [2.75, 3.05) is 13.2 Å². The molecule has 0 bridgehead atoms. The Morgan fingerprint density at radius 3 is 2.62 bits per heavy atom. The van der Waals surface area contributed by atoms with Gasteiger partial charge in [-0.3, -0.25) is 4.90 Å². The molecule has 1 aromatic rings. The number of carbonyl (C=O) groups is 2. The van der Waals surface area contributed by atoms with Crippen LogP contribution in [0, 0.1) is 5.41 Å². The molecule has 8 heteroatoms. The standard InChI is InChI=1S/C24H34N2O6/c1-22(2,3)19-25-13-9-12-24(25,20(28)32-19)18(27)17-15-31-23(4,5)26(17)21(29)30-14-16-10-7-6-8-11-16/h6-8,10-11,17-19,27H,9,12-15H2,1-5H3/t17-,18-,19-,24-/m1/s1. The second kappa shape index (κ2) is 8.01. The lowest BCUT2D eigenvalue weighted by Gasteiger charge is -2.42. The van der Waals surface area contributed by atoms with Crippen LogP contribution in [0.1, 0.15) is 53.0 Å². The predicted molar refractivity (Wildman–Crippen MR) is 116 cm³/mol. The molecule has 176 valence electrons. The molecule has 3 aliphatic heterocycles. The van der Waals surface area contributed by atoms with Crippen molar-refractivity contribution >= 4 is 12.1 Å². The van der Waals surface area contributed by atoms with E-state index in [0.29, 0.717) is 13.0 Å². The van der Waals surface area contributed by atoms with Gasteiger partial charge in [0.25, 0.3) is 0 Å². The van der Waals surface area contributed by atoms with Gasteiger partial charge in [-0.25, -0.2) is 14.5 Å². The molecular formula is C24H34N2O6. The van der Waals surface area contributed by atoms with Crippen LogP contribution in [0.3, 0.4) is 0 Å². The SMILES string of the molecule is CC(C)(C)[C@H]1OC(=O)[C@]2([C@H](O)[C@H]3COC(C)(C)N3C(=O)OCc3ccccc3)CCCN12. The van der Waals surface area contributed by atoms with Crippen LogP contribution in [0.5, 0.6) is 0 Å². The summed E-state index contributed by atoms with van der Waals surface area (Å²) in [6.45, 7) is 10.4. The summed E-state index contributed by atoms with van der Waals surface area (Å²) < 4.78 is 17.2. The molecule has 1 N–H and O–H groups in total. The lowest BCUT2D eigenvalue weighted by molar-refractivity contribution is -0.152. The van der Waals surface area contributed by atoms with E-state index in [1.54, 1.807) is 13.8 Å². The van der Waals surface area contributed by atoms with Crippen molar-refractivity contribution in [2.45, 2.75) is 83.7 Å². The quantitative estimate of drug-likeness (QED) is 0.712. The number of benzene rings is 1. The third kappa shape index (κ3) is 3.68. The lowest BCUT2D eigenvalue weighted by Crippen LogP contribution is -2.64. The number of aliphatic hydroxyl groups excluding tert-OH is 1. The normalized spacial score (nSPS) is 30.8. The van der Waals surface area contributed by atoms with Gasteiger partial charge in [0.2, 0.25) is 0 Å². The first-order chi connectivity index (χ1) is 15.0. The Morgan fingerprint density at radius 1 is 1.28 bits per heavy atom. The van der Waals surface area contributed by atoms with E-state index in [4.69, 9.17) is 14.2 Å². The molecule has 0 saturated carbocycles. The monoisotopic (exact) mass is 446 g/mol. The molecule has 0 aromatic heterocycles. The van der Waals surface area contributed by atoms with Crippen LogP contribution in [0.15, 0.2) is 30.3 Å². The summed E-state index contributed by atoms with van der Waals surface area (Å²) in [5.41, 5.74) is -1.61. The fraction of sp³-hybridized carbons (Fsp3) is 0.667. The zero-order valence-corrected chi connectivity index (χ0v) is 19.5. The highest BCUT2D eigenvalue weighted by Gasteiger charge is 2.67. The number of fused-ring (bicyclic) bond motifs is 1. The van der Waals surface area contributed by atoms with Crippen molar-refractivity contribution in [2.24, 2.45) is 5.41 Å². The maximum absolute atomic E-state index is 13.2. The third-order valence-electron chi connectivity index (χ3n) is 6.84. The molecule has 0 spiro atoms. The predicted octanol–water partition coefficient (Wildman–Crippen LogP) is 2.88. The van der Waals surface area contributed by atoms with Gasteiger partial charge in [0.1, 0.15) is 18.4 Å². The average molecular weight is 447 g/mol. The second-order valence-electron chi connectivity index (χ2n) is 10.5. The minimum Gasteiger partial charge on any atom is -0.444 e. The van der Waals surface area contributed by atoms with E-state index in [-0.39, 0.29) is 18.6 Å². The van der Waals surface area contributed by atoms with E-state index in [9.17, 15) is 14.7 Å². The molecule has 3 saturated heterocycles. The fourth-order valence-electron chi connectivity index (χ4n) is 5.29. The molecule has 1 amide bonds. The van der Waals surface area contributed by atoms with Crippen LogP contribution in [-0.2, 0) is 25.6 Å². The number of hydrogen-bond donors (Lipinski definition) is 1. The minimum absolute atomic E-state index is 0.109. The molecule has 0 unspecified atom stereocenters. The van der Waals surface area contributed by atoms with E-state index in [2.05, 4.69) is 0 Å². The first kappa shape index (κ1) is 23.0. The van der Waals surface area contributed by atoms with Gasteiger partial charge in [-0.2, -0.15) is 0 Å². The van der Waals surface area contributed by atoms with Crippen LogP contribution in [0.4, 0.5) is 4.79 Å². The number of amides is 1. The van der Waals surface area contributed by atoms with Gasteiger partial charge in [-0.1, -0.05) is 51.1 Å². The summed E-state index contributed by atoms with van der Waals surface area (Å²) in [6.07, 6.45) is -0.936. The summed E-state index contributed by atoms with van der Waals surface area (Å²) in [6, 6.07) is 8.67. The third-order valence-corrected chi connectivity index (χ3v) is 6.84. The highest BCUT2D eigenvalue weighted by Crippen LogP contribution is 2.48. The Labute approximate surface area is 189 Å². The maximum Gasteiger partial charge on any atom is 0.412 e. The number of ether oxygens (including phenoxy) is 3. The molecule has 32 heavy (non-hydrogen) atoms. The molecule has 4 rings (SSSR count). The first-order valence-corrected chi connectivity index (χ1v) is 11.3. The van der Waals surface area contributed by atoms with Crippen LogP contribution in [0.25, 0.3) is 0 Å². The number of rotatable bonds is 4. The van der Waals surface area contributed by atoms with Crippen molar-refractivity contribution in [3.8, 4) is 0 Å². The Hall–Kier alpha value is -2.16. The van der Waals surface area contributed by atoms with Crippen LogP contribution >= 0.6 is 0 Å². The largest absolute Gasteiger partial charge is 0.444 e. The molecule has 1 aromatic carbocycles. The van der Waals surface area contributed by atoms with Crippen LogP contribution < -0.4 is 0 Å². The molecular weight excluding hydrogens is 412 g/mol. The van der Waals surface area contributed by atoms with Crippen LogP contribution in [0.2, 0.25) is 0 Å². The fourth-order valence-corrected chi connectivity index (χ4v) is 5.29. The number of cyclic esters (lactones) is 1. The van der Waals surface area contributed by atoms with Crippen LogP contribution in [-0.4, -0.2) is 69.8 Å². The molecule has 0 radical (unpaired) electrons. The Morgan fingerprint density at radius 2 is 1.97 bits per heavy atom. The van der Waals surface area contributed by atoms with Gasteiger partial charge >= 0.3 is 12.1 Å². The van der Waals surface area contributed by atoms with Crippen molar-refractivity contribution in [1.82, 2.24) is 9.80 Å². The summed E-state index contributed by atoms with van der Waals surface area (Å²) in [4.78, 5) is 29.7. The zero-order valence-electron chi connectivity index (χ0n) is 19.5. The van der Waals surface area contributed by atoms with Gasteiger partial charge in [0.05, 0.1) is 12.6 Å². The highest BCUT2D eigenvalue weighted by atomic mass is 16.6. The zero-order chi connectivity index (χ0) is 23.3. The second-order valence-corrected chi connectivity index (χ2v) is 10.5. The number of carbonyl (C=O) groups excluding carboxylic acids is 2. The number of aliphatic hydroxyl groups is 1. The molecule has 4 atom stereocenters. The number of hydrogen-bond acceptors (Lipinski definition) is 7. The maximum atomic E-state index is 13.2. The van der Waals surface area contributed by atoms with Gasteiger partial charge in [0.15, 0.2) is 11.8 Å². The van der Waals surface area contributed by atoms with Gasteiger partial charge in [-0.15, -0.1) is 0 Å². The number of esters is 1. The minimum atomic E-state index is -1.19. The van der Waals surface area contributed by atoms with Gasteiger partial charge in [0, 0.05) is 12.0 Å². The number of nitrogens with zero attached hydrogens (tertiary/aromatic N) is 2. The van der Waals surface area contributed by atoms with E-state index in [1.165, 1.54) is 4.90 Å². The van der Waals surface area contributed by atoms with E-state index in [1.807, 2.05) is 56.0 Å². The van der Waals surface area contributed by atoms with E-state index in [0.717, 1.165) is 12.0 Å². The summed E-state index contributed by atoms with van der Waals surface area (Å²) >= 11 is 0. The van der Waals surface area contributed by atoms with Gasteiger partial charge in [-0.05, 0) is 32.3 Å². The smallest absolute Gasteiger partial charge is 0.412 e. The lowest BCUT2D eigenvalue weighted by atomic mass is 9.84. The molecule has 3 aliphatic rings. The summed E-state index contributed by atoms with van der Waals surface area (Å²) in [5.74, 6) is -0.426. The summed E-state index contributed by atoms with van der Waals surface area (Å²) in [7, 11) is 0. The van der Waals surface area contributed by atoms with E-state index >= 15 is 0 Å². The molecule has 0 aliphatic carbocycles. The van der Waals surface area contributed by atoms with Crippen molar-refractivity contribution < 1.29 is 28.9 Å². The molecule has 3 heterocycles.